The third-order valence-corrected chi connectivity index (χ3v) is 2.17. The second kappa shape index (κ2) is 4.69. The maximum Gasteiger partial charge on any atom is 0.322 e. The molecule has 0 aromatic carbocycles. The minimum atomic E-state index is -0.484. The van der Waals surface area contributed by atoms with Crippen molar-refractivity contribution in [2.75, 3.05) is 5.32 Å². The van der Waals surface area contributed by atoms with Crippen LogP contribution >= 0.6 is 0 Å². The average molecular weight is 257 g/mol. The Labute approximate surface area is 106 Å². The van der Waals surface area contributed by atoms with Crippen LogP contribution in [0.3, 0.4) is 0 Å². The molecule has 1 amide bonds. The molecule has 0 atom stereocenters. The van der Waals surface area contributed by atoms with E-state index in [1.54, 1.807) is 12.1 Å². The quantitative estimate of drug-likeness (QED) is 0.754. The minimum Gasteiger partial charge on any atom is -0.459 e. The van der Waals surface area contributed by atoms with Gasteiger partial charge in [-0.1, -0.05) is 5.10 Å². The minimum absolute atomic E-state index is 0.0398. The number of aromatic nitrogens is 4. The zero-order valence-corrected chi connectivity index (χ0v) is 9.48. The van der Waals surface area contributed by atoms with E-state index in [0.717, 1.165) is 0 Å². The van der Waals surface area contributed by atoms with Crippen molar-refractivity contribution < 1.29 is 13.6 Å². The van der Waals surface area contributed by atoms with Crippen LogP contribution in [-0.4, -0.2) is 26.1 Å². The lowest BCUT2D eigenvalue weighted by Gasteiger charge is -1.97. The standard InChI is InChI=1S/C11H7N5O3/c17-9(7-6-12-3-4-13-7)14-11-16-15-10(19-11)8-2-1-5-18-8/h1-6H,(H,14,16,17). The Balaban J connectivity index is 1.76. The van der Waals surface area contributed by atoms with E-state index in [1.807, 2.05) is 0 Å². The Kier molecular flexibility index (Phi) is 2.73. The summed E-state index contributed by atoms with van der Waals surface area (Å²) in [5.74, 6) is 0.120. The van der Waals surface area contributed by atoms with Crippen molar-refractivity contribution in [2.45, 2.75) is 0 Å². The van der Waals surface area contributed by atoms with Gasteiger partial charge in [-0.25, -0.2) is 4.98 Å². The Morgan fingerprint density at radius 1 is 1.26 bits per heavy atom. The van der Waals surface area contributed by atoms with Gasteiger partial charge in [0, 0.05) is 12.4 Å². The van der Waals surface area contributed by atoms with Gasteiger partial charge in [0.1, 0.15) is 5.69 Å². The summed E-state index contributed by atoms with van der Waals surface area (Å²) < 4.78 is 10.3. The maximum absolute atomic E-state index is 11.7. The van der Waals surface area contributed by atoms with Crippen LogP contribution in [-0.2, 0) is 0 Å². The fraction of sp³-hybridized carbons (Fsp3) is 0. The Morgan fingerprint density at radius 3 is 2.95 bits per heavy atom. The van der Waals surface area contributed by atoms with E-state index < -0.39 is 5.91 Å². The van der Waals surface area contributed by atoms with Gasteiger partial charge in [-0.2, -0.15) is 0 Å². The van der Waals surface area contributed by atoms with Crippen molar-refractivity contribution in [1.82, 2.24) is 20.2 Å². The summed E-state index contributed by atoms with van der Waals surface area (Å²) in [4.78, 5) is 19.4. The summed E-state index contributed by atoms with van der Waals surface area (Å²) in [5, 5.41) is 9.84. The molecule has 1 N–H and O–H groups in total. The number of nitrogens with one attached hydrogen (secondary N) is 1. The molecule has 0 saturated heterocycles. The van der Waals surface area contributed by atoms with Crippen LogP contribution in [0.1, 0.15) is 10.5 Å². The molecule has 0 aliphatic rings. The molecule has 94 valence electrons. The van der Waals surface area contributed by atoms with Crippen LogP contribution in [0.2, 0.25) is 0 Å². The summed E-state index contributed by atoms with van der Waals surface area (Å²) >= 11 is 0. The smallest absolute Gasteiger partial charge is 0.322 e. The van der Waals surface area contributed by atoms with E-state index in [0.29, 0.717) is 5.76 Å². The van der Waals surface area contributed by atoms with Crippen molar-refractivity contribution in [1.29, 1.82) is 0 Å². The van der Waals surface area contributed by atoms with Gasteiger partial charge >= 0.3 is 6.01 Å². The van der Waals surface area contributed by atoms with Crippen LogP contribution < -0.4 is 5.32 Å². The average Bonchev–Trinajstić information content (AvgIpc) is 3.10. The van der Waals surface area contributed by atoms with E-state index in [4.69, 9.17) is 8.83 Å². The fourth-order valence-corrected chi connectivity index (χ4v) is 1.35. The largest absolute Gasteiger partial charge is 0.459 e. The molecule has 0 radical (unpaired) electrons. The van der Waals surface area contributed by atoms with Gasteiger partial charge in [-0.3, -0.25) is 15.1 Å². The van der Waals surface area contributed by atoms with Gasteiger partial charge in [-0.15, -0.1) is 5.10 Å². The monoisotopic (exact) mass is 257 g/mol. The molecule has 0 aliphatic carbocycles. The normalized spacial score (nSPS) is 10.3. The van der Waals surface area contributed by atoms with E-state index in [9.17, 15) is 4.79 Å². The van der Waals surface area contributed by atoms with Gasteiger partial charge < -0.3 is 8.83 Å². The number of rotatable bonds is 3. The highest BCUT2D eigenvalue weighted by atomic mass is 16.4. The first-order valence-electron chi connectivity index (χ1n) is 5.27. The zero-order chi connectivity index (χ0) is 13.1. The maximum atomic E-state index is 11.7. The summed E-state index contributed by atoms with van der Waals surface area (Å²) in [6.07, 6.45) is 5.70. The van der Waals surface area contributed by atoms with E-state index in [1.165, 1.54) is 24.9 Å². The van der Waals surface area contributed by atoms with Crippen LogP contribution in [0.15, 0.2) is 45.8 Å². The molecule has 8 heteroatoms. The van der Waals surface area contributed by atoms with Gasteiger partial charge in [-0.05, 0) is 12.1 Å². The third-order valence-electron chi connectivity index (χ3n) is 2.17. The van der Waals surface area contributed by atoms with Crippen molar-refractivity contribution in [3.05, 3.63) is 42.7 Å². The Morgan fingerprint density at radius 2 is 2.21 bits per heavy atom. The lowest BCUT2D eigenvalue weighted by Crippen LogP contribution is -2.13. The van der Waals surface area contributed by atoms with Crippen molar-refractivity contribution in [2.24, 2.45) is 0 Å². The topological polar surface area (TPSA) is 107 Å². The zero-order valence-electron chi connectivity index (χ0n) is 9.48. The first-order chi connectivity index (χ1) is 9.33. The fourth-order valence-electron chi connectivity index (χ4n) is 1.35. The molecule has 3 aromatic heterocycles. The predicted molar refractivity (Wildman–Crippen MR) is 62.0 cm³/mol. The van der Waals surface area contributed by atoms with Crippen LogP contribution in [0.5, 0.6) is 0 Å². The number of hydrogen-bond acceptors (Lipinski definition) is 7. The molecule has 3 heterocycles. The van der Waals surface area contributed by atoms with E-state index in [2.05, 4.69) is 25.5 Å². The van der Waals surface area contributed by atoms with Crippen LogP contribution in [0, 0.1) is 0 Å². The molecular weight excluding hydrogens is 250 g/mol. The Hall–Kier alpha value is -3.03. The molecule has 0 spiro atoms. The molecule has 0 bridgehead atoms. The highest BCUT2D eigenvalue weighted by Gasteiger charge is 2.14. The number of carbonyl (C=O) groups excluding carboxylic acids is 1. The first kappa shape index (κ1) is 11.1. The number of carbonyl (C=O) groups is 1. The van der Waals surface area contributed by atoms with Crippen molar-refractivity contribution in [3.63, 3.8) is 0 Å². The summed E-state index contributed by atoms with van der Waals surface area (Å²) in [7, 11) is 0. The molecule has 0 fully saturated rings. The van der Waals surface area contributed by atoms with Gasteiger partial charge in [0.2, 0.25) is 0 Å². The number of nitrogens with zero attached hydrogens (tertiary/aromatic N) is 4. The second-order valence-electron chi connectivity index (χ2n) is 3.43. The molecule has 8 nitrogen and oxygen atoms in total. The molecule has 3 rings (SSSR count). The first-order valence-corrected chi connectivity index (χ1v) is 5.27. The number of furan rings is 1. The van der Waals surface area contributed by atoms with Crippen molar-refractivity contribution >= 4 is 11.9 Å². The molecule has 0 unspecified atom stereocenters. The predicted octanol–water partition coefficient (Wildman–Crippen LogP) is 1.37. The third kappa shape index (κ3) is 2.32. The lowest BCUT2D eigenvalue weighted by atomic mass is 10.4. The molecule has 0 aliphatic heterocycles. The molecule has 19 heavy (non-hydrogen) atoms. The SMILES string of the molecule is O=C(Nc1nnc(-c2ccco2)o1)c1cnccn1. The number of hydrogen-bond donors (Lipinski definition) is 1. The van der Waals surface area contributed by atoms with Crippen LogP contribution in [0.25, 0.3) is 11.7 Å². The van der Waals surface area contributed by atoms with Gasteiger partial charge in [0.15, 0.2) is 5.76 Å². The number of anilines is 1. The Bertz CT molecular complexity index is 677. The summed E-state index contributed by atoms with van der Waals surface area (Å²) in [6, 6.07) is 3.32. The number of amides is 1. The highest BCUT2D eigenvalue weighted by Crippen LogP contribution is 2.19. The molecular formula is C11H7N5O3. The summed E-state index contributed by atoms with van der Waals surface area (Å²) in [6.45, 7) is 0. The van der Waals surface area contributed by atoms with Crippen LogP contribution in [0.4, 0.5) is 6.01 Å². The van der Waals surface area contributed by atoms with Gasteiger partial charge in [0.25, 0.3) is 11.8 Å². The molecule has 0 saturated carbocycles. The van der Waals surface area contributed by atoms with Crippen molar-refractivity contribution in [3.8, 4) is 11.7 Å². The van der Waals surface area contributed by atoms with E-state index >= 15 is 0 Å². The second-order valence-corrected chi connectivity index (χ2v) is 3.43. The van der Waals surface area contributed by atoms with Gasteiger partial charge in [0.05, 0.1) is 12.5 Å². The lowest BCUT2D eigenvalue weighted by molar-refractivity contribution is 0.101. The summed E-state index contributed by atoms with van der Waals surface area (Å²) in [5.41, 5.74) is 0.153. The molecule has 3 aromatic rings. The highest BCUT2D eigenvalue weighted by molar-refractivity contribution is 6.01. The van der Waals surface area contributed by atoms with E-state index in [-0.39, 0.29) is 17.6 Å².